The zero-order valence-electron chi connectivity index (χ0n) is 16.5. The molecule has 0 spiro atoms. The second-order valence-corrected chi connectivity index (χ2v) is 6.94. The number of methoxy groups -OCH3 is 2. The maximum atomic E-state index is 13.1. The molecule has 162 valence electrons. The number of carbonyl (C=O) groups is 2. The van der Waals surface area contributed by atoms with Crippen molar-refractivity contribution >= 4 is 17.5 Å². The Morgan fingerprint density at radius 1 is 1.00 bits per heavy atom. The number of imide groups is 1. The van der Waals surface area contributed by atoms with E-state index in [4.69, 9.17) is 9.47 Å². The summed E-state index contributed by atoms with van der Waals surface area (Å²) >= 11 is 0. The number of fused-ring (bicyclic) bond motifs is 1. The third kappa shape index (κ3) is 3.56. The molecule has 0 radical (unpaired) electrons. The Bertz CT molecular complexity index is 1070. The van der Waals surface area contributed by atoms with Crippen LogP contribution in [0.4, 0.5) is 18.9 Å². The molecule has 2 heterocycles. The number of carbonyl (C=O) groups excluding carboxylic acids is 2. The zero-order chi connectivity index (χ0) is 22.3. The highest BCUT2D eigenvalue weighted by atomic mass is 19.4. The Hall–Kier alpha value is -3.63. The highest BCUT2D eigenvalue weighted by Crippen LogP contribution is 2.37. The lowest BCUT2D eigenvalue weighted by atomic mass is 10.1. The van der Waals surface area contributed by atoms with Crippen molar-refractivity contribution in [3.05, 3.63) is 53.6 Å². The molecule has 2 amide bonds. The molecule has 2 aliphatic heterocycles. The van der Waals surface area contributed by atoms with E-state index >= 15 is 0 Å². The van der Waals surface area contributed by atoms with Gasteiger partial charge in [-0.3, -0.25) is 14.6 Å². The number of amides is 2. The molecule has 0 bridgehead atoms. The first-order valence-corrected chi connectivity index (χ1v) is 9.18. The summed E-state index contributed by atoms with van der Waals surface area (Å²) in [7, 11) is 2.88. The number of alkyl halides is 3. The molecule has 0 aliphatic carbocycles. The molecule has 0 N–H and O–H groups in total. The van der Waals surface area contributed by atoms with Gasteiger partial charge in [0.2, 0.25) is 0 Å². The van der Waals surface area contributed by atoms with Crippen LogP contribution in [0.5, 0.6) is 11.5 Å². The Labute approximate surface area is 174 Å². The second kappa shape index (κ2) is 7.56. The lowest BCUT2D eigenvalue weighted by Crippen LogP contribution is -2.39. The van der Waals surface area contributed by atoms with Crippen molar-refractivity contribution in [2.24, 2.45) is 10.3 Å². The molecule has 1 fully saturated rings. The van der Waals surface area contributed by atoms with Crippen LogP contribution >= 0.6 is 0 Å². The molecular formula is C20H17F3N4O4. The van der Waals surface area contributed by atoms with Gasteiger partial charge in [0.25, 0.3) is 11.8 Å². The highest BCUT2D eigenvalue weighted by molar-refractivity contribution is 6.25. The van der Waals surface area contributed by atoms with Gasteiger partial charge in [0, 0.05) is 6.07 Å². The first-order chi connectivity index (χ1) is 14.7. The molecule has 0 saturated carbocycles. The van der Waals surface area contributed by atoms with Crippen LogP contribution in [0.2, 0.25) is 0 Å². The van der Waals surface area contributed by atoms with Crippen molar-refractivity contribution in [2.75, 3.05) is 19.1 Å². The van der Waals surface area contributed by atoms with Crippen molar-refractivity contribution in [1.29, 1.82) is 0 Å². The third-order valence-electron chi connectivity index (χ3n) is 5.08. The van der Waals surface area contributed by atoms with E-state index in [0.29, 0.717) is 17.1 Å². The molecule has 31 heavy (non-hydrogen) atoms. The van der Waals surface area contributed by atoms with Crippen molar-refractivity contribution < 1.29 is 32.2 Å². The summed E-state index contributed by atoms with van der Waals surface area (Å²) in [4.78, 5) is 26.9. The van der Waals surface area contributed by atoms with E-state index in [1.807, 2.05) is 0 Å². The summed E-state index contributed by atoms with van der Waals surface area (Å²) in [6, 6.07) is 7.20. The van der Waals surface area contributed by atoms with Crippen LogP contribution in [0.3, 0.4) is 0 Å². The summed E-state index contributed by atoms with van der Waals surface area (Å²) in [5, 5.41) is 8.99. The fourth-order valence-corrected chi connectivity index (χ4v) is 3.61. The molecule has 2 aliphatic rings. The van der Waals surface area contributed by atoms with E-state index in [0.717, 1.165) is 17.0 Å². The fraction of sp³-hybridized carbons (Fsp3) is 0.300. The molecule has 2 aromatic carbocycles. The van der Waals surface area contributed by atoms with Crippen molar-refractivity contribution in [3.8, 4) is 11.5 Å². The lowest BCUT2D eigenvalue weighted by Gasteiger charge is -2.21. The summed E-state index contributed by atoms with van der Waals surface area (Å²) in [6.07, 6.45) is -4.49. The molecule has 2 aromatic rings. The largest absolute Gasteiger partial charge is 0.493 e. The van der Waals surface area contributed by atoms with Crippen LogP contribution in [0.1, 0.15) is 11.1 Å². The monoisotopic (exact) mass is 434 g/mol. The van der Waals surface area contributed by atoms with Gasteiger partial charge >= 0.3 is 6.18 Å². The Morgan fingerprint density at radius 2 is 1.74 bits per heavy atom. The zero-order valence-corrected chi connectivity index (χ0v) is 16.5. The van der Waals surface area contributed by atoms with E-state index in [1.54, 1.807) is 6.07 Å². The first-order valence-electron chi connectivity index (χ1n) is 9.18. The molecule has 0 aromatic heterocycles. The minimum atomic E-state index is -4.49. The minimum Gasteiger partial charge on any atom is -0.493 e. The number of hydrogen-bond acceptors (Lipinski definition) is 7. The van der Waals surface area contributed by atoms with Crippen LogP contribution in [-0.2, 0) is 22.3 Å². The molecule has 2 unspecified atom stereocenters. The topological polar surface area (TPSA) is 83.8 Å². The van der Waals surface area contributed by atoms with Gasteiger partial charge in [-0.2, -0.15) is 18.3 Å². The third-order valence-corrected chi connectivity index (χ3v) is 5.08. The van der Waals surface area contributed by atoms with E-state index in [1.165, 1.54) is 43.5 Å². The van der Waals surface area contributed by atoms with Crippen LogP contribution in [0.15, 0.2) is 52.8 Å². The molecular weight excluding hydrogens is 417 g/mol. The number of anilines is 1. The lowest BCUT2D eigenvalue weighted by molar-refractivity contribution is -0.137. The standard InChI is InChI=1S/C20H17F3N4O4/c1-30-14-7-6-13(9-15(14)31-2)27-18(28)16-17(19(27)29)26(25-24-16)10-11-4-3-5-12(8-11)20(21,22)23/h3-9,16-17H,10H2,1-2H3. The molecule has 1 saturated heterocycles. The number of rotatable bonds is 5. The number of ether oxygens (including phenoxy) is 2. The average molecular weight is 434 g/mol. The van der Waals surface area contributed by atoms with Crippen molar-refractivity contribution in [1.82, 2.24) is 5.01 Å². The van der Waals surface area contributed by atoms with E-state index in [-0.39, 0.29) is 12.2 Å². The van der Waals surface area contributed by atoms with Gasteiger partial charge in [0.15, 0.2) is 23.6 Å². The predicted octanol–water partition coefficient (Wildman–Crippen LogP) is 3.22. The quantitative estimate of drug-likeness (QED) is 0.675. The van der Waals surface area contributed by atoms with Crippen LogP contribution in [0.25, 0.3) is 0 Å². The van der Waals surface area contributed by atoms with E-state index < -0.39 is 35.6 Å². The SMILES string of the molecule is COc1ccc(N2C(=O)C3N=NN(Cc4cccc(C(F)(F)F)c4)C3C2=O)cc1OC. The van der Waals surface area contributed by atoms with Gasteiger partial charge in [0.05, 0.1) is 32.0 Å². The fourth-order valence-electron chi connectivity index (χ4n) is 3.61. The van der Waals surface area contributed by atoms with Crippen LogP contribution in [0, 0.1) is 0 Å². The Balaban J connectivity index is 1.59. The Morgan fingerprint density at radius 3 is 2.42 bits per heavy atom. The summed E-state index contributed by atoms with van der Waals surface area (Å²) in [5.41, 5.74) is -0.242. The smallest absolute Gasteiger partial charge is 0.416 e. The van der Waals surface area contributed by atoms with Crippen LogP contribution in [-0.4, -0.2) is 43.1 Å². The van der Waals surface area contributed by atoms with Crippen molar-refractivity contribution in [2.45, 2.75) is 24.8 Å². The van der Waals surface area contributed by atoms with Gasteiger partial charge < -0.3 is 9.47 Å². The maximum Gasteiger partial charge on any atom is 0.416 e. The van der Waals surface area contributed by atoms with Gasteiger partial charge in [-0.15, -0.1) is 0 Å². The summed E-state index contributed by atoms with van der Waals surface area (Å²) in [6.45, 7) is -0.104. The molecule has 8 nitrogen and oxygen atoms in total. The predicted molar refractivity (Wildman–Crippen MR) is 101 cm³/mol. The molecule has 11 heteroatoms. The highest BCUT2D eigenvalue weighted by Gasteiger charge is 2.54. The Kier molecular flexibility index (Phi) is 5.03. The van der Waals surface area contributed by atoms with Gasteiger partial charge in [0.1, 0.15) is 0 Å². The van der Waals surface area contributed by atoms with Crippen molar-refractivity contribution in [3.63, 3.8) is 0 Å². The number of halogens is 3. The van der Waals surface area contributed by atoms with E-state index in [9.17, 15) is 22.8 Å². The van der Waals surface area contributed by atoms with Crippen LogP contribution < -0.4 is 14.4 Å². The average Bonchev–Trinajstić information content (AvgIpc) is 3.26. The maximum absolute atomic E-state index is 13.1. The van der Waals surface area contributed by atoms with E-state index in [2.05, 4.69) is 10.3 Å². The number of hydrogen-bond donors (Lipinski definition) is 0. The van der Waals surface area contributed by atoms with Gasteiger partial charge in [-0.1, -0.05) is 17.4 Å². The minimum absolute atomic E-state index is 0.104. The number of benzene rings is 2. The first kappa shape index (κ1) is 20.6. The normalized spacial score (nSPS) is 20.4. The summed E-state index contributed by atoms with van der Waals surface area (Å²) in [5.74, 6) is -0.381. The molecule has 4 rings (SSSR count). The second-order valence-electron chi connectivity index (χ2n) is 6.94. The molecule has 2 atom stereocenters. The van der Waals surface area contributed by atoms with Gasteiger partial charge in [-0.05, 0) is 29.8 Å². The van der Waals surface area contributed by atoms with Gasteiger partial charge in [-0.25, -0.2) is 4.90 Å². The number of nitrogens with zero attached hydrogens (tertiary/aromatic N) is 4. The summed E-state index contributed by atoms with van der Waals surface area (Å²) < 4.78 is 49.3.